The Labute approximate surface area is 115 Å². The van der Waals surface area contributed by atoms with E-state index in [1.54, 1.807) is 12.1 Å². The zero-order valence-corrected chi connectivity index (χ0v) is 11.3. The normalized spacial score (nSPS) is 11.4. The smallest absolute Gasteiger partial charge is 0.243 e. The van der Waals surface area contributed by atoms with Crippen LogP contribution < -0.4 is 4.72 Å². The summed E-state index contributed by atoms with van der Waals surface area (Å²) in [5, 5.41) is 9.07. The average molecular weight is 299 g/mol. The number of phenolic OH excluding ortho intramolecular Hbond substituents is 1. The number of sulfonamides is 1. The number of aromatic hydroxyl groups is 1. The topological polar surface area (TPSA) is 79.3 Å². The van der Waals surface area contributed by atoms with E-state index in [9.17, 15) is 8.42 Å². The third-order valence-corrected chi connectivity index (χ3v) is 4.26. The van der Waals surface area contributed by atoms with Gasteiger partial charge in [0.2, 0.25) is 10.0 Å². The van der Waals surface area contributed by atoms with Crippen LogP contribution >= 0.6 is 11.6 Å². The minimum absolute atomic E-state index is 0.0598. The molecule has 7 heteroatoms. The van der Waals surface area contributed by atoms with Crippen LogP contribution in [0, 0.1) is 0 Å². The van der Waals surface area contributed by atoms with E-state index in [-0.39, 0.29) is 22.3 Å². The van der Waals surface area contributed by atoms with Crippen molar-refractivity contribution in [3.8, 4) is 5.75 Å². The molecule has 0 aliphatic rings. The first-order chi connectivity index (χ1) is 8.99. The standard InChI is InChI=1S/C12H11ClN2O3S/c13-12-11(2-1-7-14-12)19(17,18)15-8-9-3-5-10(16)6-4-9/h1-7,15-16H,8H2. The second-order valence-electron chi connectivity index (χ2n) is 3.78. The SMILES string of the molecule is O=S(=O)(NCc1ccc(O)cc1)c1cccnc1Cl. The van der Waals surface area contributed by atoms with Gasteiger partial charge in [0.05, 0.1) is 0 Å². The molecule has 5 nitrogen and oxygen atoms in total. The van der Waals surface area contributed by atoms with Crippen molar-refractivity contribution >= 4 is 21.6 Å². The fourth-order valence-corrected chi connectivity index (χ4v) is 2.91. The number of benzene rings is 1. The highest BCUT2D eigenvalue weighted by Gasteiger charge is 2.17. The molecule has 0 saturated heterocycles. The fraction of sp³-hybridized carbons (Fsp3) is 0.0833. The number of hydrogen-bond acceptors (Lipinski definition) is 4. The Balaban J connectivity index is 2.14. The first-order valence-electron chi connectivity index (χ1n) is 5.37. The highest BCUT2D eigenvalue weighted by atomic mass is 35.5. The molecule has 1 aromatic heterocycles. The number of nitrogens with one attached hydrogen (secondary N) is 1. The molecule has 0 saturated carbocycles. The second kappa shape index (κ2) is 5.56. The quantitative estimate of drug-likeness (QED) is 0.845. The van der Waals surface area contributed by atoms with Gasteiger partial charge in [0.25, 0.3) is 0 Å². The highest BCUT2D eigenvalue weighted by Crippen LogP contribution is 2.18. The van der Waals surface area contributed by atoms with E-state index in [1.165, 1.54) is 30.5 Å². The molecular formula is C12H11ClN2O3S. The van der Waals surface area contributed by atoms with E-state index < -0.39 is 10.0 Å². The van der Waals surface area contributed by atoms with E-state index in [0.29, 0.717) is 0 Å². The number of phenols is 1. The molecule has 0 spiro atoms. The third kappa shape index (κ3) is 3.44. The van der Waals surface area contributed by atoms with Gasteiger partial charge in [0, 0.05) is 12.7 Å². The summed E-state index contributed by atoms with van der Waals surface area (Å²) in [6.45, 7) is 0.105. The van der Waals surface area contributed by atoms with Crippen molar-refractivity contribution < 1.29 is 13.5 Å². The van der Waals surface area contributed by atoms with Crippen LogP contribution in [0.25, 0.3) is 0 Å². The lowest BCUT2D eigenvalue weighted by Crippen LogP contribution is -2.23. The first kappa shape index (κ1) is 13.8. The molecule has 0 unspecified atom stereocenters. The van der Waals surface area contributed by atoms with Gasteiger partial charge in [-0.05, 0) is 29.8 Å². The van der Waals surface area contributed by atoms with Gasteiger partial charge >= 0.3 is 0 Å². The van der Waals surface area contributed by atoms with Gasteiger partial charge in [-0.1, -0.05) is 23.7 Å². The zero-order chi connectivity index (χ0) is 13.9. The van der Waals surface area contributed by atoms with Crippen molar-refractivity contribution in [2.24, 2.45) is 0 Å². The Morgan fingerprint density at radius 3 is 2.53 bits per heavy atom. The molecule has 100 valence electrons. The van der Waals surface area contributed by atoms with Crippen molar-refractivity contribution in [1.29, 1.82) is 0 Å². The van der Waals surface area contributed by atoms with Gasteiger partial charge < -0.3 is 5.11 Å². The average Bonchev–Trinajstić information content (AvgIpc) is 2.38. The number of nitrogens with zero attached hydrogens (tertiary/aromatic N) is 1. The molecule has 19 heavy (non-hydrogen) atoms. The molecule has 0 atom stereocenters. The van der Waals surface area contributed by atoms with Gasteiger partial charge in [0.1, 0.15) is 15.8 Å². The molecule has 2 N–H and O–H groups in total. The van der Waals surface area contributed by atoms with Gasteiger partial charge in [-0.3, -0.25) is 0 Å². The Morgan fingerprint density at radius 1 is 1.21 bits per heavy atom. The van der Waals surface area contributed by atoms with Crippen molar-refractivity contribution in [2.45, 2.75) is 11.4 Å². The van der Waals surface area contributed by atoms with Crippen molar-refractivity contribution in [3.05, 3.63) is 53.3 Å². The molecule has 0 fully saturated rings. The third-order valence-electron chi connectivity index (χ3n) is 2.42. The fourth-order valence-electron chi connectivity index (χ4n) is 1.44. The molecule has 2 rings (SSSR count). The van der Waals surface area contributed by atoms with Crippen LogP contribution in [0.2, 0.25) is 5.15 Å². The highest BCUT2D eigenvalue weighted by molar-refractivity contribution is 7.89. The summed E-state index contributed by atoms with van der Waals surface area (Å²) >= 11 is 5.75. The van der Waals surface area contributed by atoms with Crippen LogP contribution in [-0.4, -0.2) is 18.5 Å². The van der Waals surface area contributed by atoms with Crippen LogP contribution in [0.3, 0.4) is 0 Å². The lowest BCUT2D eigenvalue weighted by molar-refractivity contribution is 0.475. The minimum Gasteiger partial charge on any atom is -0.508 e. The van der Waals surface area contributed by atoms with E-state index in [0.717, 1.165) is 5.56 Å². The van der Waals surface area contributed by atoms with Crippen LogP contribution in [0.1, 0.15) is 5.56 Å². The summed E-state index contributed by atoms with van der Waals surface area (Å²) in [7, 11) is -3.71. The lowest BCUT2D eigenvalue weighted by atomic mass is 10.2. The summed E-state index contributed by atoms with van der Waals surface area (Å²) in [4.78, 5) is 3.67. The molecule has 0 amide bonds. The predicted molar refractivity (Wildman–Crippen MR) is 71.4 cm³/mol. The van der Waals surface area contributed by atoms with Crippen molar-refractivity contribution in [1.82, 2.24) is 9.71 Å². The van der Waals surface area contributed by atoms with E-state index in [1.807, 2.05) is 0 Å². The monoisotopic (exact) mass is 298 g/mol. The van der Waals surface area contributed by atoms with Gasteiger partial charge in [-0.15, -0.1) is 0 Å². The number of halogens is 1. The molecule has 1 aromatic carbocycles. The van der Waals surface area contributed by atoms with Gasteiger partial charge in [-0.2, -0.15) is 0 Å². The number of rotatable bonds is 4. The predicted octanol–water partition coefficient (Wildman–Crippen LogP) is 1.92. The van der Waals surface area contributed by atoms with E-state index in [4.69, 9.17) is 16.7 Å². The maximum absolute atomic E-state index is 12.0. The van der Waals surface area contributed by atoms with E-state index >= 15 is 0 Å². The van der Waals surface area contributed by atoms with Crippen LogP contribution in [0.5, 0.6) is 5.75 Å². The maximum atomic E-state index is 12.0. The largest absolute Gasteiger partial charge is 0.508 e. The van der Waals surface area contributed by atoms with Gasteiger partial charge in [0.15, 0.2) is 0 Å². The van der Waals surface area contributed by atoms with Crippen molar-refractivity contribution in [3.63, 3.8) is 0 Å². The molecule has 1 heterocycles. The Kier molecular flexibility index (Phi) is 4.04. The summed E-state index contributed by atoms with van der Waals surface area (Å²) in [6, 6.07) is 9.11. The Bertz CT molecular complexity index is 672. The molecule has 2 aromatic rings. The molecule has 0 radical (unpaired) electrons. The lowest BCUT2D eigenvalue weighted by Gasteiger charge is -2.07. The van der Waals surface area contributed by atoms with Crippen LogP contribution in [0.15, 0.2) is 47.5 Å². The maximum Gasteiger partial charge on any atom is 0.243 e. The van der Waals surface area contributed by atoms with Crippen molar-refractivity contribution in [2.75, 3.05) is 0 Å². The van der Waals surface area contributed by atoms with Gasteiger partial charge in [-0.25, -0.2) is 18.1 Å². The first-order valence-corrected chi connectivity index (χ1v) is 7.23. The summed E-state index contributed by atoms with van der Waals surface area (Å²) in [5.41, 5.74) is 0.724. The molecule has 0 bridgehead atoms. The number of pyridine rings is 1. The number of hydrogen-bond donors (Lipinski definition) is 2. The second-order valence-corrected chi connectivity index (χ2v) is 5.88. The Hall–Kier alpha value is -1.63. The summed E-state index contributed by atoms with van der Waals surface area (Å²) in [5.74, 6) is 0.127. The minimum atomic E-state index is -3.71. The number of aromatic nitrogens is 1. The summed E-state index contributed by atoms with van der Waals surface area (Å²) in [6.07, 6.45) is 1.42. The van der Waals surface area contributed by atoms with Crippen LogP contribution in [0.4, 0.5) is 0 Å². The molecule has 0 aliphatic carbocycles. The summed E-state index contributed by atoms with van der Waals surface area (Å²) < 4.78 is 26.4. The van der Waals surface area contributed by atoms with Crippen LogP contribution in [-0.2, 0) is 16.6 Å². The zero-order valence-electron chi connectivity index (χ0n) is 9.75. The Morgan fingerprint density at radius 2 is 1.89 bits per heavy atom. The van der Waals surface area contributed by atoms with E-state index in [2.05, 4.69) is 9.71 Å². The molecular weight excluding hydrogens is 288 g/mol. The molecule has 0 aliphatic heterocycles.